The monoisotopic (exact) mass is 550 g/mol. The Labute approximate surface area is 227 Å². The summed E-state index contributed by atoms with van der Waals surface area (Å²) in [4.78, 5) is 37.1. The summed E-state index contributed by atoms with van der Waals surface area (Å²) in [5.41, 5.74) is 0.828. The average molecular weight is 551 g/mol. The van der Waals surface area contributed by atoms with E-state index in [4.69, 9.17) is 33.2 Å². The third-order valence-corrected chi connectivity index (χ3v) is 6.46. The third kappa shape index (κ3) is 7.67. The highest BCUT2D eigenvalue weighted by Crippen LogP contribution is 2.44. The SMILES string of the molecule is C[C@H](NC(=O)OCc1ccccc1)C(=O)N[C@@H](C)CC(=O)OC[C@H]1O[C@H]2OC(C)(C)O[C@@H]2[C@H]2OC(C)(C)O[C@H]21. The van der Waals surface area contributed by atoms with Gasteiger partial charge in [-0.05, 0) is 47.1 Å². The van der Waals surface area contributed by atoms with E-state index in [1.54, 1.807) is 34.6 Å². The van der Waals surface area contributed by atoms with Gasteiger partial charge in [0, 0.05) is 6.04 Å². The number of hydrogen-bond donors (Lipinski definition) is 2. The van der Waals surface area contributed by atoms with E-state index in [-0.39, 0.29) is 19.6 Å². The number of ether oxygens (including phenoxy) is 7. The van der Waals surface area contributed by atoms with Crippen LogP contribution >= 0.6 is 0 Å². The fourth-order valence-corrected chi connectivity index (χ4v) is 4.74. The number of amides is 2. The maximum absolute atomic E-state index is 12.5. The van der Waals surface area contributed by atoms with Gasteiger partial charge in [0.2, 0.25) is 5.91 Å². The van der Waals surface area contributed by atoms with Crippen molar-refractivity contribution in [3.8, 4) is 0 Å². The molecule has 3 fully saturated rings. The molecule has 12 nitrogen and oxygen atoms in total. The number of rotatable bonds is 9. The predicted molar refractivity (Wildman–Crippen MR) is 135 cm³/mol. The van der Waals surface area contributed by atoms with E-state index in [2.05, 4.69) is 10.6 Å². The second-order valence-electron chi connectivity index (χ2n) is 10.9. The van der Waals surface area contributed by atoms with E-state index in [0.29, 0.717) is 0 Å². The van der Waals surface area contributed by atoms with Crippen molar-refractivity contribution in [1.29, 1.82) is 0 Å². The van der Waals surface area contributed by atoms with Crippen LogP contribution in [0.15, 0.2) is 30.3 Å². The van der Waals surface area contributed by atoms with Crippen LogP contribution < -0.4 is 10.6 Å². The highest BCUT2D eigenvalue weighted by Gasteiger charge is 2.60. The molecule has 2 N–H and O–H groups in total. The molecule has 3 aliphatic rings. The Morgan fingerprint density at radius 3 is 2.23 bits per heavy atom. The first-order chi connectivity index (χ1) is 18.3. The number of esters is 1. The molecule has 0 spiro atoms. The quantitative estimate of drug-likeness (QED) is 0.440. The molecule has 3 heterocycles. The first kappa shape index (κ1) is 29.2. The number of carbonyl (C=O) groups is 3. The minimum atomic E-state index is -0.868. The minimum absolute atomic E-state index is 0.0841. The molecular weight excluding hydrogens is 512 g/mol. The van der Waals surface area contributed by atoms with Gasteiger partial charge in [-0.25, -0.2) is 4.79 Å². The van der Waals surface area contributed by atoms with E-state index in [1.165, 1.54) is 6.92 Å². The van der Waals surface area contributed by atoms with Gasteiger partial charge < -0.3 is 43.8 Å². The minimum Gasteiger partial charge on any atom is -0.463 e. The summed E-state index contributed by atoms with van der Waals surface area (Å²) in [6, 6.07) is 7.78. The van der Waals surface area contributed by atoms with Crippen molar-refractivity contribution < 1.29 is 47.5 Å². The number of alkyl carbamates (subject to hydrolysis) is 1. The van der Waals surface area contributed by atoms with Crippen molar-refractivity contribution in [2.24, 2.45) is 0 Å². The molecule has 0 unspecified atom stereocenters. The lowest BCUT2D eigenvalue weighted by Crippen LogP contribution is -2.56. The number of hydrogen-bond acceptors (Lipinski definition) is 10. The Hall–Kier alpha value is -2.77. The molecule has 0 bridgehead atoms. The van der Waals surface area contributed by atoms with Crippen LogP contribution in [0, 0.1) is 0 Å². The van der Waals surface area contributed by atoms with E-state index in [0.717, 1.165) is 5.56 Å². The smallest absolute Gasteiger partial charge is 0.408 e. The van der Waals surface area contributed by atoms with Crippen LogP contribution in [0.1, 0.15) is 53.5 Å². The van der Waals surface area contributed by atoms with Crippen molar-refractivity contribution in [3.63, 3.8) is 0 Å². The number of nitrogens with one attached hydrogen (secondary N) is 2. The number of carbonyl (C=O) groups excluding carboxylic acids is 3. The molecular formula is C27H38N2O10. The maximum atomic E-state index is 12.5. The molecule has 2 amide bonds. The third-order valence-electron chi connectivity index (χ3n) is 6.46. The van der Waals surface area contributed by atoms with Crippen LogP contribution in [0.25, 0.3) is 0 Å². The normalized spacial score (nSPS) is 29.8. The van der Waals surface area contributed by atoms with Crippen LogP contribution in [0.4, 0.5) is 4.79 Å². The van der Waals surface area contributed by atoms with Gasteiger partial charge in [-0.2, -0.15) is 0 Å². The molecule has 7 atom stereocenters. The average Bonchev–Trinajstić information content (AvgIpc) is 3.35. The van der Waals surface area contributed by atoms with Gasteiger partial charge >= 0.3 is 12.1 Å². The van der Waals surface area contributed by atoms with Gasteiger partial charge in [0.1, 0.15) is 43.7 Å². The van der Waals surface area contributed by atoms with Crippen molar-refractivity contribution in [3.05, 3.63) is 35.9 Å². The molecule has 0 aromatic heterocycles. The van der Waals surface area contributed by atoms with E-state index >= 15 is 0 Å². The maximum Gasteiger partial charge on any atom is 0.408 e. The van der Waals surface area contributed by atoms with Crippen LogP contribution in [0.3, 0.4) is 0 Å². The first-order valence-corrected chi connectivity index (χ1v) is 13.1. The van der Waals surface area contributed by atoms with Gasteiger partial charge in [0.05, 0.1) is 6.42 Å². The van der Waals surface area contributed by atoms with Crippen LogP contribution in [0.5, 0.6) is 0 Å². The summed E-state index contributed by atoms with van der Waals surface area (Å²) < 4.78 is 40.6. The summed E-state index contributed by atoms with van der Waals surface area (Å²) >= 11 is 0. The molecule has 3 aliphatic heterocycles. The number of fused-ring (bicyclic) bond motifs is 3. The van der Waals surface area contributed by atoms with Gasteiger partial charge in [-0.15, -0.1) is 0 Å². The molecule has 1 aromatic carbocycles. The summed E-state index contributed by atoms with van der Waals surface area (Å²) in [6.07, 6.45) is -3.56. The van der Waals surface area contributed by atoms with E-state index < -0.39 is 72.3 Å². The largest absolute Gasteiger partial charge is 0.463 e. The topological polar surface area (TPSA) is 140 Å². The fraction of sp³-hybridized carbons (Fsp3) is 0.667. The lowest BCUT2D eigenvalue weighted by atomic mass is 9.99. The molecule has 39 heavy (non-hydrogen) atoms. The van der Waals surface area contributed by atoms with Gasteiger partial charge in [0.25, 0.3) is 0 Å². The molecule has 0 radical (unpaired) electrons. The van der Waals surface area contributed by atoms with Gasteiger partial charge in [-0.1, -0.05) is 30.3 Å². The fourth-order valence-electron chi connectivity index (χ4n) is 4.74. The number of benzene rings is 1. The molecule has 4 rings (SSSR count). The Morgan fingerprint density at radius 1 is 0.872 bits per heavy atom. The van der Waals surface area contributed by atoms with Gasteiger partial charge in [0.15, 0.2) is 17.9 Å². The second kappa shape index (κ2) is 11.8. The van der Waals surface area contributed by atoms with Crippen molar-refractivity contribution in [2.45, 2.75) is 109 Å². The summed E-state index contributed by atoms with van der Waals surface area (Å²) in [7, 11) is 0. The highest BCUT2D eigenvalue weighted by atomic mass is 16.9. The highest BCUT2D eigenvalue weighted by molar-refractivity contribution is 5.85. The second-order valence-corrected chi connectivity index (χ2v) is 10.9. The zero-order valence-electron chi connectivity index (χ0n) is 23.1. The molecule has 3 saturated heterocycles. The van der Waals surface area contributed by atoms with E-state index in [9.17, 15) is 14.4 Å². The standard InChI is InChI=1S/C27H38N2O10/c1-15(28-23(31)16(2)29-25(32)34-13-17-10-8-7-9-11-17)12-19(30)33-14-18-20-21(37-26(3,4)36-20)22-24(35-18)39-27(5,6)38-22/h7-11,15-16,18,20-22,24H,12-14H2,1-6H3,(H,28,31)(H,29,32)/t15-,16-,18+,20-,21-,22+,24-/m0/s1. The Bertz CT molecular complexity index is 1030. The summed E-state index contributed by atoms with van der Waals surface area (Å²) in [5, 5.41) is 5.17. The molecule has 0 saturated carbocycles. The predicted octanol–water partition coefficient (Wildman–Crippen LogP) is 2.14. The molecule has 1 aromatic rings. The van der Waals surface area contributed by atoms with Crippen LogP contribution in [0.2, 0.25) is 0 Å². The molecule has 0 aliphatic carbocycles. The summed E-state index contributed by atoms with van der Waals surface area (Å²) in [5.74, 6) is -2.70. The first-order valence-electron chi connectivity index (χ1n) is 13.1. The Morgan fingerprint density at radius 2 is 1.51 bits per heavy atom. The van der Waals surface area contributed by atoms with Crippen molar-refractivity contribution in [2.75, 3.05) is 6.61 Å². The summed E-state index contributed by atoms with van der Waals surface area (Å²) in [6.45, 7) is 10.4. The van der Waals surface area contributed by atoms with Crippen LogP contribution in [-0.2, 0) is 49.4 Å². The van der Waals surface area contributed by atoms with Crippen LogP contribution in [-0.4, -0.2) is 78.9 Å². The molecule has 216 valence electrons. The van der Waals surface area contributed by atoms with E-state index in [1.807, 2.05) is 30.3 Å². The Balaban J connectivity index is 1.20. The Kier molecular flexibility index (Phi) is 8.82. The van der Waals surface area contributed by atoms with Gasteiger partial charge in [-0.3, -0.25) is 9.59 Å². The lowest BCUT2D eigenvalue weighted by molar-refractivity contribution is -0.242. The zero-order valence-corrected chi connectivity index (χ0v) is 23.1. The lowest BCUT2D eigenvalue weighted by Gasteiger charge is -2.36. The van der Waals surface area contributed by atoms with Crippen molar-refractivity contribution >= 4 is 18.0 Å². The van der Waals surface area contributed by atoms with Crippen molar-refractivity contribution in [1.82, 2.24) is 10.6 Å². The zero-order chi connectivity index (χ0) is 28.4. The molecule has 12 heteroatoms.